The molecule has 0 unspecified atom stereocenters. The molecular formula is C25H25N5O2S. The van der Waals surface area contributed by atoms with Gasteiger partial charge < -0.3 is 15.2 Å². The summed E-state index contributed by atoms with van der Waals surface area (Å²) in [5.74, 6) is 0.617. The van der Waals surface area contributed by atoms with Crippen molar-refractivity contribution in [1.29, 1.82) is 0 Å². The Morgan fingerprint density at radius 1 is 1.18 bits per heavy atom. The van der Waals surface area contributed by atoms with Gasteiger partial charge in [0, 0.05) is 47.9 Å². The Hall–Kier alpha value is -3.52. The van der Waals surface area contributed by atoms with Gasteiger partial charge in [-0.2, -0.15) is 0 Å². The number of nitrogens with zero attached hydrogens (tertiary/aromatic N) is 3. The van der Waals surface area contributed by atoms with Crippen LogP contribution < -0.4 is 10.6 Å². The maximum absolute atomic E-state index is 13.0. The van der Waals surface area contributed by atoms with Crippen LogP contribution in [-0.2, 0) is 18.3 Å². The lowest BCUT2D eigenvalue weighted by molar-refractivity contribution is -0.122. The average molecular weight is 460 g/mol. The zero-order chi connectivity index (χ0) is 22.8. The standard InChI is InChI=1S/C25H25N5O2S/c1-30-22-20(28-23(30)16-7-10-26-11-8-16)14-18(15-21(22)29-25(32)17-4-2-5-17)24(31)27-12-9-19-6-3-13-33-19/h3,6-8,10-11,13-15,17H,2,4-5,9,12H2,1H3,(H,27,31)(H,29,32). The van der Waals surface area contributed by atoms with Gasteiger partial charge >= 0.3 is 0 Å². The number of rotatable bonds is 7. The molecule has 1 fully saturated rings. The summed E-state index contributed by atoms with van der Waals surface area (Å²) in [5, 5.41) is 8.10. The molecule has 0 bridgehead atoms. The van der Waals surface area contributed by atoms with Gasteiger partial charge in [-0.1, -0.05) is 12.5 Å². The van der Waals surface area contributed by atoms with E-state index in [0.717, 1.165) is 42.6 Å². The molecule has 33 heavy (non-hydrogen) atoms. The summed E-state index contributed by atoms with van der Waals surface area (Å²) in [6.07, 6.45) is 7.13. The van der Waals surface area contributed by atoms with Crippen LogP contribution >= 0.6 is 11.3 Å². The number of pyridine rings is 1. The Kier molecular flexibility index (Phi) is 5.92. The second-order valence-electron chi connectivity index (χ2n) is 8.32. The Morgan fingerprint density at radius 3 is 2.70 bits per heavy atom. The van der Waals surface area contributed by atoms with E-state index >= 15 is 0 Å². The number of thiophene rings is 1. The van der Waals surface area contributed by atoms with Crippen molar-refractivity contribution in [2.75, 3.05) is 11.9 Å². The van der Waals surface area contributed by atoms with Crippen LogP contribution in [0.4, 0.5) is 5.69 Å². The third-order valence-corrected chi connectivity index (χ3v) is 7.08. The molecule has 2 amide bonds. The molecule has 2 N–H and O–H groups in total. The van der Waals surface area contributed by atoms with E-state index in [2.05, 4.69) is 21.7 Å². The fourth-order valence-electron chi connectivity index (χ4n) is 4.10. The predicted molar refractivity (Wildman–Crippen MR) is 130 cm³/mol. The lowest BCUT2D eigenvalue weighted by atomic mass is 9.85. The molecule has 5 rings (SSSR count). The first-order valence-corrected chi connectivity index (χ1v) is 12.0. The number of anilines is 1. The topological polar surface area (TPSA) is 88.9 Å². The van der Waals surface area contributed by atoms with Crippen LogP contribution in [0, 0.1) is 5.92 Å². The summed E-state index contributed by atoms with van der Waals surface area (Å²) >= 11 is 1.68. The molecule has 3 heterocycles. The van der Waals surface area contributed by atoms with Crippen LogP contribution in [0.1, 0.15) is 34.5 Å². The Labute approximate surface area is 195 Å². The van der Waals surface area contributed by atoms with Crippen LogP contribution in [0.3, 0.4) is 0 Å². The molecule has 8 heteroatoms. The van der Waals surface area contributed by atoms with Crippen molar-refractivity contribution in [2.24, 2.45) is 13.0 Å². The van der Waals surface area contributed by atoms with Gasteiger partial charge in [0.25, 0.3) is 5.91 Å². The van der Waals surface area contributed by atoms with Crippen molar-refractivity contribution in [2.45, 2.75) is 25.7 Å². The lowest BCUT2D eigenvalue weighted by Gasteiger charge is -2.24. The van der Waals surface area contributed by atoms with E-state index in [9.17, 15) is 9.59 Å². The van der Waals surface area contributed by atoms with E-state index in [-0.39, 0.29) is 17.7 Å². The first kappa shape index (κ1) is 21.3. The van der Waals surface area contributed by atoms with E-state index < -0.39 is 0 Å². The average Bonchev–Trinajstić information content (AvgIpc) is 3.41. The Morgan fingerprint density at radius 2 is 2.00 bits per heavy atom. The van der Waals surface area contributed by atoms with Crippen molar-refractivity contribution >= 4 is 39.9 Å². The third-order valence-electron chi connectivity index (χ3n) is 6.14. The molecule has 3 aromatic heterocycles. The summed E-state index contributed by atoms with van der Waals surface area (Å²) in [7, 11) is 1.92. The SMILES string of the molecule is Cn1c(-c2ccncc2)nc2cc(C(=O)NCCc3cccs3)cc(NC(=O)C3CCC3)c21. The molecule has 1 aliphatic carbocycles. The molecule has 0 aliphatic heterocycles. The highest BCUT2D eigenvalue weighted by molar-refractivity contribution is 7.09. The van der Waals surface area contributed by atoms with E-state index in [0.29, 0.717) is 23.3 Å². The van der Waals surface area contributed by atoms with E-state index in [1.54, 1.807) is 35.9 Å². The second-order valence-corrected chi connectivity index (χ2v) is 9.36. The monoisotopic (exact) mass is 459 g/mol. The lowest BCUT2D eigenvalue weighted by Crippen LogP contribution is -2.29. The number of amides is 2. The minimum Gasteiger partial charge on any atom is -0.352 e. The normalized spacial score (nSPS) is 13.6. The maximum atomic E-state index is 13.0. The summed E-state index contributed by atoms with van der Waals surface area (Å²) in [4.78, 5) is 35.8. The molecule has 1 aliphatic rings. The van der Waals surface area contributed by atoms with Crippen LogP contribution in [0.15, 0.2) is 54.2 Å². The first-order chi connectivity index (χ1) is 16.1. The number of carbonyl (C=O) groups is 2. The number of nitrogens with one attached hydrogen (secondary N) is 2. The van der Waals surface area contributed by atoms with Gasteiger partial charge in [-0.3, -0.25) is 14.6 Å². The van der Waals surface area contributed by atoms with Crippen molar-refractivity contribution in [1.82, 2.24) is 19.9 Å². The van der Waals surface area contributed by atoms with Gasteiger partial charge in [0.1, 0.15) is 5.82 Å². The fraction of sp³-hybridized carbons (Fsp3) is 0.280. The number of fused-ring (bicyclic) bond motifs is 1. The van der Waals surface area contributed by atoms with Gasteiger partial charge in [-0.15, -0.1) is 11.3 Å². The third kappa shape index (κ3) is 4.39. The zero-order valence-electron chi connectivity index (χ0n) is 18.4. The molecule has 168 valence electrons. The number of aromatic nitrogens is 3. The van der Waals surface area contributed by atoms with E-state index in [4.69, 9.17) is 4.98 Å². The van der Waals surface area contributed by atoms with Crippen molar-refractivity contribution in [3.63, 3.8) is 0 Å². The molecule has 4 aromatic rings. The van der Waals surface area contributed by atoms with E-state index in [1.165, 1.54) is 4.88 Å². The number of imidazole rings is 1. The molecule has 1 saturated carbocycles. The second kappa shape index (κ2) is 9.15. The van der Waals surface area contributed by atoms with Crippen LogP contribution in [0.2, 0.25) is 0 Å². The predicted octanol–water partition coefficient (Wildman–Crippen LogP) is 4.41. The van der Waals surface area contributed by atoms with Gasteiger partial charge in [-0.05, 0) is 55.0 Å². The summed E-state index contributed by atoms with van der Waals surface area (Å²) in [6, 6.07) is 11.4. The number of aryl methyl sites for hydroxylation is 1. The molecule has 1 aromatic carbocycles. The number of carbonyl (C=O) groups excluding carboxylic acids is 2. The molecule has 0 atom stereocenters. The summed E-state index contributed by atoms with van der Waals surface area (Å²) in [5.41, 5.74) is 3.48. The molecule has 0 spiro atoms. The summed E-state index contributed by atoms with van der Waals surface area (Å²) < 4.78 is 1.96. The Balaban J connectivity index is 1.48. The van der Waals surface area contributed by atoms with Gasteiger partial charge in [-0.25, -0.2) is 4.98 Å². The summed E-state index contributed by atoms with van der Waals surface area (Å²) in [6.45, 7) is 0.547. The van der Waals surface area contributed by atoms with Crippen LogP contribution in [-0.4, -0.2) is 32.9 Å². The van der Waals surface area contributed by atoms with Crippen molar-refractivity contribution in [3.05, 3.63) is 64.6 Å². The highest BCUT2D eigenvalue weighted by Crippen LogP contribution is 2.32. The minimum absolute atomic E-state index is 0.00413. The van der Waals surface area contributed by atoms with Crippen LogP contribution in [0.25, 0.3) is 22.4 Å². The molecule has 0 radical (unpaired) electrons. The minimum atomic E-state index is -0.177. The smallest absolute Gasteiger partial charge is 0.251 e. The highest BCUT2D eigenvalue weighted by Gasteiger charge is 2.27. The Bertz CT molecular complexity index is 1290. The van der Waals surface area contributed by atoms with Gasteiger partial charge in [0.2, 0.25) is 5.91 Å². The first-order valence-electron chi connectivity index (χ1n) is 11.1. The van der Waals surface area contributed by atoms with Gasteiger partial charge in [0.05, 0.1) is 16.7 Å². The largest absolute Gasteiger partial charge is 0.352 e. The van der Waals surface area contributed by atoms with Crippen molar-refractivity contribution in [3.8, 4) is 11.4 Å². The van der Waals surface area contributed by atoms with E-state index in [1.807, 2.05) is 35.2 Å². The molecular weight excluding hydrogens is 434 g/mol. The number of hydrogen-bond acceptors (Lipinski definition) is 5. The number of benzene rings is 1. The zero-order valence-corrected chi connectivity index (χ0v) is 19.2. The molecule has 7 nitrogen and oxygen atoms in total. The van der Waals surface area contributed by atoms with Gasteiger partial charge in [0.15, 0.2) is 0 Å². The number of hydrogen-bond donors (Lipinski definition) is 2. The maximum Gasteiger partial charge on any atom is 0.251 e. The van der Waals surface area contributed by atoms with Crippen molar-refractivity contribution < 1.29 is 9.59 Å². The quantitative estimate of drug-likeness (QED) is 0.429. The van der Waals surface area contributed by atoms with Crippen LogP contribution in [0.5, 0.6) is 0 Å². The molecule has 0 saturated heterocycles. The highest BCUT2D eigenvalue weighted by atomic mass is 32.1. The fourth-order valence-corrected chi connectivity index (χ4v) is 4.81.